The fourth-order valence-corrected chi connectivity index (χ4v) is 3.81. The molecular formula is C17H28N2OS. The lowest BCUT2D eigenvalue weighted by Gasteiger charge is -2.36. The third-order valence-corrected chi connectivity index (χ3v) is 5.71. The second kappa shape index (κ2) is 7.83. The molecular weight excluding hydrogens is 280 g/mol. The van der Waals surface area contributed by atoms with Crippen molar-refractivity contribution in [2.75, 3.05) is 30.5 Å². The predicted molar refractivity (Wildman–Crippen MR) is 94.5 cm³/mol. The number of nitrogens with two attached hydrogens (primary N) is 1. The number of rotatable bonds is 7. The first-order valence-electron chi connectivity index (χ1n) is 8.00. The minimum absolute atomic E-state index is 0.393. The van der Waals surface area contributed by atoms with Gasteiger partial charge in [-0.25, -0.2) is 0 Å². The van der Waals surface area contributed by atoms with Gasteiger partial charge in [-0.2, -0.15) is 11.8 Å². The van der Waals surface area contributed by atoms with Crippen LogP contribution in [0.1, 0.15) is 45.4 Å². The minimum Gasteiger partial charge on any atom is -0.491 e. The van der Waals surface area contributed by atoms with Crippen LogP contribution in [0.3, 0.4) is 0 Å². The Morgan fingerprint density at radius 2 is 2.05 bits per heavy atom. The highest BCUT2D eigenvalue weighted by atomic mass is 32.2. The van der Waals surface area contributed by atoms with Gasteiger partial charge in [0.05, 0.1) is 12.3 Å². The maximum absolute atomic E-state index is 5.96. The topological polar surface area (TPSA) is 47.3 Å². The highest BCUT2D eigenvalue weighted by Crippen LogP contribution is 2.39. The molecule has 21 heavy (non-hydrogen) atoms. The number of thioether (sulfide) groups is 1. The van der Waals surface area contributed by atoms with Crippen LogP contribution < -0.4 is 15.8 Å². The van der Waals surface area contributed by atoms with Gasteiger partial charge in [-0.1, -0.05) is 26.2 Å². The molecule has 0 spiro atoms. The smallest absolute Gasteiger partial charge is 0.144 e. The summed E-state index contributed by atoms with van der Waals surface area (Å²) < 4.78 is 6.09. The van der Waals surface area contributed by atoms with E-state index in [1.165, 1.54) is 32.1 Å². The number of nitrogens with one attached hydrogen (secondary N) is 1. The molecule has 0 saturated heterocycles. The first kappa shape index (κ1) is 16.3. The summed E-state index contributed by atoms with van der Waals surface area (Å²) in [6.45, 7) is 3.83. The second-order valence-electron chi connectivity index (χ2n) is 5.90. The van der Waals surface area contributed by atoms with Gasteiger partial charge in [0.2, 0.25) is 0 Å². The number of anilines is 2. The second-order valence-corrected chi connectivity index (χ2v) is 7.18. The van der Waals surface area contributed by atoms with Gasteiger partial charge in [-0.3, -0.25) is 0 Å². The number of hydrogen-bond acceptors (Lipinski definition) is 4. The van der Waals surface area contributed by atoms with Gasteiger partial charge in [0.25, 0.3) is 0 Å². The summed E-state index contributed by atoms with van der Waals surface area (Å²) in [6.07, 6.45) is 9.96. The fourth-order valence-electron chi connectivity index (χ4n) is 2.89. The van der Waals surface area contributed by atoms with Crippen molar-refractivity contribution < 1.29 is 4.74 Å². The van der Waals surface area contributed by atoms with Crippen LogP contribution >= 0.6 is 11.8 Å². The molecule has 0 atom stereocenters. The Kier molecular flexibility index (Phi) is 6.09. The maximum Gasteiger partial charge on any atom is 0.144 e. The Balaban J connectivity index is 1.98. The number of nitrogen functional groups attached to an aromatic ring is 1. The summed E-state index contributed by atoms with van der Waals surface area (Å²) in [5, 5.41) is 3.59. The first-order valence-corrected chi connectivity index (χ1v) is 9.23. The van der Waals surface area contributed by atoms with Crippen molar-refractivity contribution in [1.82, 2.24) is 0 Å². The highest BCUT2D eigenvalue weighted by Gasteiger charge is 2.30. The SMILES string of the molecule is CCCOc1cc(NCC2(SC)CCCCC2)ccc1N. The molecule has 118 valence electrons. The van der Waals surface area contributed by atoms with E-state index in [-0.39, 0.29) is 0 Å². The summed E-state index contributed by atoms with van der Waals surface area (Å²) in [5.74, 6) is 0.795. The van der Waals surface area contributed by atoms with Gasteiger partial charge in [-0.05, 0) is 37.7 Å². The molecule has 0 radical (unpaired) electrons. The summed E-state index contributed by atoms with van der Waals surface area (Å²) in [4.78, 5) is 0. The van der Waals surface area contributed by atoms with E-state index in [0.29, 0.717) is 17.0 Å². The third-order valence-electron chi connectivity index (χ3n) is 4.29. The van der Waals surface area contributed by atoms with Crippen LogP contribution in [0.2, 0.25) is 0 Å². The largest absolute Gasteiger partial charge is 0.491 e. The molecule has 1 fully saturated rings. The molecule has 0 aliphatic heterocycles. The van der Waals surface area contributed by atoms with E-state index >= 15 is 0 Å². The summed E-state index contributed by atoms with van der Waals surface area (Å²) >= 11 is 2.02. The third kappa shape index (κ3) is 4.47. The predicted octanol–water partition coefficient (Wildman–Crippen LogP) is 4.54. The zero-order valence-corrected chi connectivity index (χ0v) is 14.1. The average molecular weight is 308 g/mol. The molecule has 1 aromatic carbocycles. The fraction of sp³-hybridized carbons (Fsp3) is 0.647. The van der Waals surface area contributed by atoms with Gasteiger partial charge >= 0.3 is 0 Å². The monoisotopic (exact) mass is 308 g/mol. The summed E-state index contributed by atoms with van der Waals surface area (Å²) in [7, 11) is 0. The number of ether oxygens (including phenoxy) is 1. The molecule has 1 saturated carbocycles. The maximum atomic E-state index is 5.96. The van der Waals surface area contributed by atoms with Crippen molar-refractivity contribution in [3.8, 4) is 5.75 Å². The lowest BCUT2D eigenvalue weighted by molar-refractivity contribution is 0.319. The first-order chi connectivity index (χ1) is 10.2. The van der Waals surface area contributed by atoms with Crippen LogP contribution in [0.4, 0.5) is 11.4 Å². The Labute approximate surface area is 133 Å². The van der Waals surface area contributed by atoms with E-state index in [4.69, 9.17) is 10.5 Å². The molecule has 0 bridgehead atoms. The van der Waals surface area contributed by atoms with Crippen LogP contribution in [-0.4, -0.2) is 24.2 Å². The lowest BCUT2D eigenvalue weighted by Crippen LogP contribution is -2.35. The normalized spacial score (nSPS) is 17.4. The van der Waals surface area contributed by atoms with E-state index in [2.05, 4.69) is 18.5 Å². The van der Waals surface area contributed by atoms with E-state index in [9.17, 15) is 0 Å². The molecule has 0 unspecified atom stereocenters. The molecule has 1 aliphatic rings. The Bertz CT molecular complexity index is 444. The Morgan fingerprint density at radius 1 is 1.29 bits per heavy atom. The Morgan fingerprint density at radius 3 is 2.71 bits per heavy atom. The van der Waals surface area contributed by atoms with Gasteiger partial charge in [-0.15, -0.1) is 0 Å². The molecule has 3 nitrogen and oxygen atoms in total. The molecule has 1 aliphatic carbocycles. The van der Waals surface area contributed by atoms with Gasteiger partial charge < -0.3 is 15.8 Å². The number of hydrogen-bond donors (Lipinski definition) is 2. The van der Waals surface area contributed by atoms with Crippen molar-refractivity contribution in [3.05, 3.63) is 18.2 Å². The van der Waals surface area contributed by atoms with Gasteiger partial charge in [0.15, 0.2) is 0 Å². The molecule has 4 heteroatoms. The van der Waals surface area contributed by atoms with Crippen LogP contribution in [0.15, 0.2) is 18.2 Å². The Hall–Kier alpha value is -1.03. The van der Waals surface area contributed by atoms with Crippen LogP contribution in [0, 0.1) is 0 Å². The number of benzene rings is 1. The van der Waals surface area contributed by atoms with Gasteiger partial charge in [0.1, 0.15) is 5.75 Å². The van der Waals surface area contributed by atoms with Gasteiger partial charge in [0, 0.05) is 23.0 Å². The molecule has 3 N–H and O–H groups in total. The standard InChI is InChI=1S/C17H28N2OS/c1-3-11-20-16-12-14(7-8-15(16)18)19-13-17(21-2)9-5-4-6-10-17/h7-8,12,19H,3-6,9-11,13,18H2,1-2H3. The quantitative estimate of drug-likeness (QED) is 0.726. The zero-order chi connectivity index (χ0) is 15.1. The molecule has 0 aromatic heterocycles. The van der Waals surface area contributed by atoms with Crippen molar-refractivity contribution in [3.63, 3.8) is 0 Å². The molecule has 1 aromatic rings. The van der Waals surface area contributed by atoms with Crippen molar-refractivity contribution in [2.45, 2.75) is 50.2 Å². The van der Waals surface area contributed by atoms with Crippen molar-refractivity contribution in [2.24, 2.45) is 0 Å². The van der Waals surface area contributed by atoms with Crippen molar-refractivity contribution in [1.29, 1.82) is 0 Å². The van der Waals surface area contributed by atoms with E-state index < -0.39 is 0 Å². The van der Waals surface area contributed by atoms with Crippen molar-refractivity contribution >= 4 is 23.1 Å². The minimum atomic E-state index is 0.393. The van der Waals surface area contributed by atoms with Crippen LogP contribution in [0.25, 0.3) is 0 Å². The molecule has 0 amide bonds. The van der Waals surface area contributed by atoms with E-state index in [1.54, 1.807) is 0 Å². The zero-order valence-electron chi connectivity index (χ0n) is 13.3. The van der Waals surface area contributed by atoms with E-state index in [1.807, 2.05) is 30.0 Å². The lowest BCUT2D eigenvalue weighted by atomic mass is 9.88. The highest BCUT2D eigenvalue weighted by molar-refractivity contribution is 8.00. The van der Waals surface area contributed by atoms with E-state index in [0.717, 1.165) is 24.4 Å². The average Bonchev–Trinajstić information content (AvgIpc) is 2.54. The van der Waals surface area contributed by atoms with Crippen LogP contribution in [0.5, 0.6) is 5.75 Å². The summed E-state index contributed by atoms with van der Waals surface area (Å²) in [6, 6.07) is 6.01. The summed E-state index contributed by atoms with van der Waals surface area (Å²) in [5.41, 5.74) is 7.78. The molecule has 0 heterocycles. The van der Waals surface area contributed by atoms with Crippen LogP contribution in [-0.2, 0) is 0 Å². The molecule has 2 rings (SSSR count).